The van der Waals surface area contributed by atoms with Gasteiger partial charge in [-0.1, -0.05) is 23.8 Å². The largest absolute Gasteiger partial charge is 0.497 e. The number of amides is 1. The van der Waals surface area contributed by atoms with Crippen LogP contribution in [0.25, 0.3) is 0 Å². The molecule has 1 amide bonds. The minimum absolute atomic E-state index is 0.115. The average molecular weight is 399 g/mol. The van der Waals surface area contributed by atoms with Crippen LogP contribution in [0.15, 0.2) is 24.3 Å². The lowest BCUT2D eigenvalue weighted by molar-refractivity contribution is -0.00179. The van der Waals surface area contributed by atoms with E-state index in [2.05, 4.69) is 20.5 Å². The van der Waals surface area contributed by atoms with Crippen LogP contribution in [-0.2, 0) is 17.9 Å². The summed E-state index contributed by atoms with van der Waals surface area (Å²) in [4.78, 5) is 15.0. The van der Waals surface area contributed by atoms with Crippen molar-refractivity contribution in [3.8, 4) is 5.75 Å². The number of hydrogen-bond donors (Lipinski definition) is 1. The van der Waals surface area contributed by atoms with Crippen molar-refractivity contribution in [1.29, 1.82) is 0 Å². The summed E-state index contributed by atoms with van der Waals surface area (Å²) in [5, 5.41) is 11.3. The van der Waals surface area contributed by atoms with Gasteiger partial charge in [0.15, 0.2) is 5.69 Å². The van der Waals surface area contributed by atoms with Crippen LogP contribution in [0, 0.1) is 0 Å². The van der Waals surface area contributed by atoms with E-state index in [-0.39, 0.29) is 12.0 Å². The molecule has 1 fully saturated rings. The second-order valence-electron chi connectivity index (χ2n) is 7.65. The van der Waals surface area contributed by atoms with Gasteiger partial charge in [-0.15, -0.1) is 5.10 Å². The Labute approximate surface area is 171 Å². The number of carbonyl (C=O) groups excluding carboxylic acids is 1. The Morgan fingerprint density at radius 2 is 2.03 bits per heavy atom. The Kier molecular flexibility index (Phi) is 6.41. The van der Waals surface area contributed by atoms with E-state index in [1.807, 2.05) is 24.3 Å². The van der Waals surface area contributed by atoms with Gasteiger partial charge in [-0.05, 0) is 56.6 Å². The van der Waals surface area contributed by atoms with Gasteiger partial charge in [0, 0.05) is 6.54 Å². The number of aromatic nitrogens is 3. The van der Waals surface area contributed by atoms with Gasteiger partial charge in [-0.25, -0.2) is 4.68 Å². The minimum atomic E-state index is -0.170. The van der Waals surface area contributed by atoms with E-state index in [4.69, 9.17) is 9.47 Å². The Morgan fingerprint density at radius 1 is 1.24 bits per heavy atom. The lowest BCUT2D eigenvalue weighted by Gasteiger charge is -2.26. The first-order valence-electron chi connectivity index (χ1n) is 10.4. The standard InChI is InChI=1S/C21H29N5O3/c1-28-17-8-6-16(7-9-17)19-14-26-18(15-29-19)20(23-24-26)21(27)22-10-5-13-25-11-3-2-4-12-25/h6-9,19H,2-5,10-15H2,1H3,(H,22,27). The Balaban J connectivity index is 1.29. The number of nitrogens with one attached hydrogen (secondary N) is 1. The summed E-state index contributed by atoms with van der Waals surface area (Å²) in [6.45, 7) is 4.90. The fourth-order valence-electron chi connectivity index (χ4n) is 3.98. The Morgan fingerprint density at radius 3 is 2.79 bits per heavy atom. The van der Waals surface area contributed by atoms with E-state index in [1.54, 1.807) is 11.8 Å². The molecule has 8 heteroatoms. The van der Waals surface area contributed by atoms with Gasteiger partial charge in [0.25, 0.3) is 5.91 Å². The summed E-state index contributed by atoms with van der Waals surface area (Å²) in [5.41, 5.74) is 2.16. The fraction of sp³-hybridized carbons (Fsp3) is 0.571. The molecule has 2 aliphatic rings. The summed E-state index contributed by atoms with van der Waals surface area (Å²) in [5.74, 6) is 0.640. The highest BCUT2D eigenvalue weighted by Crippen LogP contribution is 2.28. The van der Waals surface area contributed by atoms with Crippen LogP contribution in [0.5, 0.6) is 5.75 Å². The molecule has 2 aliphatic heterocycles. The smallest absolute Gasteiger partial charge is 0.273 e. The molecule has 1 atom stereocenters. The van der Waals surface area contributed by atoms with Crippen LogP contribution in [0.4, 0.5) is 0 Å². The second kappa shape index (κ2) is 9.37. The highest BCUT2D eigenvalue weighted by molar-refractivity contribution is 5.93. The van der Waals surface area contributed by atoms with E-state index in [0.717, 1.165) is 30.0 Å². The van der Waals surface area contributed by atoms with Gasteiger partial charge in [0.05, 0.1) is 26.0 Å². The summed E-state index contributed by atoms with van der Waals surface area (Å²) < 4.78 is 13.0. The average Bonchev–Trinajstić information content (AvgIpc) is 3.21. The molecular weight excluding hydrogens is 370 g/mol. The lowest BCUT2D eigenvalue weighted by Crippen LogP contribution is -2.33. The molecule has 0 bridgehead atoms. The van der Waals surface area contributed by atoms with Gasteiger partial charge >= 0.3 is 0 Å². The molecule has 156 valence electrons. The number of nitrogens with zero attached hydrogens (tertiary/aromatic N) is 4. The molecule has 0 aliphatic carbocycles. The normalized spacial score (nSPS) is 19.6. The third-order valence-corrected chi connectivity index (χ3v) is 5.69. The quantitative estimate of drug-likeness (QED) is 0.719. The molecule has 1 aromatic heterocycles. The van der Waals surface area contributed by atoms with Gasteiger partial charge in [0.1, 0.15) is 11.9 Å². The zero-order valence-corrected chi connectivity index (χ0v) is 17.0. The number of fused-ring (bicyclic) bond motifs is 1. The number of benzene rings is 1. The molecule has 1 unspecified atom stereocenters. The molecule has 1 aromatic carbocycles. The first-order valence-corrected chi connectivity index (χ1v) is 10.4. The van der Waals surface area contributed by atoms with Crippen LogP contribution < -0.4 is 10.1 Å². The third-order valence-electron chi connectivity index (χ3n) is 5.69. The van der Waals surface area contributed by atoms with Gasteiger partial charge in [-0.3, -0.25) is 4.79 Å². The van der Waals surface area contributed by atoms with Crippen LogP contribution in [-0.4, -0.2) is 59.1 Å². The summed E-state index contributed by atoms with van der Waals surface area (Å²) in [6, 6.07) is 7.80. The van der Waals surface area contributed by atoms with E-state index in [9.17, 15) is 4.79 Å². The summed E-state index contributed by atoms with van der Waals surface area (Å²) in [7, 11) is 1.65. The SMILES string of the molecule is COc1ccc(C2Cn3nnc(C(=O)NCCCN4CCCCC4)c3CO2)cc1. The van der Waals surface area contributed by atoms with Crippen molar-refractivity contribution >= 4 is 5.91 Å². The van der Waals surface area contributed by atoms with Crippen molar-refractivity contribution < 1.29 is 14.3 Å². The molecule has 4 rings (SSSR count). The monoisotopic (exact) mass is 399 g/mol. The Hall–Kier alpha value is -2.45. The topological polar surface area (TPSA) is 81.5 Å². The number of likely N-dealkylation sites (tertiary alicyclic amines) is 1. The number of hydrogen-bond acceptors (Lipinski definition) is 6. The zero-order chi connectivity index (χ0) is 20.1. The van der Waals surface area contributed by atoms with Crippen LogP contribution in [0.3, 0.4) is 0 Å². The summed E-state index contributed by atoms with van der Waals surface area (Å²) in [6.07, 6.45) is 4.75. The first kappa shape index (κ1) is 19.8. The van der Waals surface area contributed by atoms with Crippen molar-refractivity contribution in [2.75, 3.05) is 33.3 Å². The van der Waals surface area contributed by atoms with E-state index < -0.39 is 0 Å². The molecule has 8 nitrogen and oxygen atoms in total. The maximum Gasteiger partial charge on any atom is 0.273 e. The maximum absolute atomic E-state index is 12.5. The number of carbonyl (C=O) groups is 1. The molecule has 3 heterocycles. The number of rotatable bonds is 7. The number of ether oxygens (including phenoxy) is 2. The number of methoxy groups -OCH3 is 1. The molecule has 29 heavy (non-hydrogen) atoms. The molecule has 1 N–H and O–H groups in total. The van der Waals surface area contributed by atoms with Crippen molar-refractivity contribution in [3.05, 3.63) is 41.2 Å². The minimum Gasteiger partial charge on any atom is -0.497 e. The van der Waals surface area contributed by atoms with Crippen molar-refractivity contribution in [3.63, 3.8) is 0 Å². The van der Waals surface area contributed by atoms with Crippen molar-refractivity contribution in [1.82, 2.24) is 25.2 Å². The third kappa shape index (κ3) is 4.76. The van der Waals surface area contributed by atoms with Crippen LogP contribution in [0.2, 0.25) is 0 Å². The predicted octanol–water partition coefficient (Wildman–Crippen LogP) is 2.16. The van der Waals surface area contributed by atoms with Crippen molar-refractivity contribution in [2.45, 2.75) is 44.9 Å². The molecule has 0 saturated carbocycles. The zero-order valence-electron chi connectivity index (χ0n) is 17.0. The molecule has 0 radical (unpaired) electrons. The van der Waals surface area contributed by atoms with Gasteiger partial charge < -0.3 is 19.7 Å². The van der Waals surface area contributed by atoms with Crippen molar-refractivity contribution in [2.24, 2.45) is 0 Å². The van der Waals surface area contributed by atoms with Crippen LogP contribution >= 0.6 is 0 Å². The predicted molar refractivity (Wildman–Crippen MR) is 108 cm³/mol. The lowest BCUT2D eigenvalue weighted by atomic mass is 10.1. The maximum atomic E-state index is 12.5. The van der Waals surface area contributed by atoms with Gasteiger partial charge in [0.2, 0.25) is 0 Å². The van der Waals surface area contributed by atoms with Gasteiger partial charge in [-0.2, -0.15) is 0 Å². The second-order valence-corrected chi connectivity index (χ2v) is 7.65. The summed E-state index contributed by atoms with van der Waals surface area (Å²) >= 11 is 0. The molecular formula is C21H29N5O3. The molecule has 0 spiro atoms. The fourth-order valence-corrected chi connectivity index (χ4v) is 3.98. The molecule has 1 saturated heterocycles. The number of piperidine rings is 1. The highest BCUT2D eigenvalue weighted by atomic mass is 16.5. The van der Waals surface area contributed by atoms with Crippen LogP contribution in [0.1, 0.15) is 53.5 Å². The molecule has 2 aromatic rings. The van der Waals surface area contributed by atoms with E-state index in [0.29, 0.717) is 25.4 Å². The van der Waals surface area contributed by atoms with E-state index >= 15 is 0 Å². The van der Waals surface area contributed by atoms with E-state index in [1.165, 1.54) is 32.4 Å². The highest BCUT2D eigenvalue weighted by Gasteiger charge is 2.27. The first-order chi connectivity index (χ1) is 14.2. The Bertz CT molecular complexity index is 814.